The van der Waals surface area contributed by atoms with Crippen LogP contribution in [0.4, 0.5) is 5.69 Å². The van der Waals surface area contributed by atoms with Crippen molar-refractivity contribution in [3.05, 3.63) is 48.0 Å². The Bertz CT molecular complexity index is 992. The van der Waals surface area contributed by atoms with E-state index in [0.717, 1.165) is 31.5 Å². The van der Waals surface area contributed by atoms with Gasteiger partial charge in [0.25, 0.3) is 0 Å². The van der Waals surface area contributed by atoms with Gasteiger partial charge in [0.2, 0.25) is 0 Å². The number of hydrogen-bond acceptors (Lipinski definition) is 6. The standard InChI is InChI=1S/C20H26N4O4S.ClH/c1-14-9-17(27-13-15-5-7-24(8-6-15)20(22)23)12-18(10-14)28-29(25,26)19-4-2-3-16(21)11-19;/h2-4,9-12,15H,5-8,13,21H2,1H3,(H3,22,23);1H. The lowest BCUT2D eigenvalue weighted by atomic mass is 9.98. The normalized spacial score (nSPS) is 14.6. The molecule has 0 amide bonds. The van der Waals surface area contributed by atoms with Crippen LogP contribution in [0.3, 0.4) is 0 Å². The predicted molar refractivity (Wildman–Crippen MR) is 119 cm³/mol. The number of nitrogen functional groups attached to an aromatic ring is 1. The van der Waals surface area contributed by atoms with Crippen LogP contribution in [0, 0.1) is 18.3 Å². The van der Waals surface area contributed by atoms with Gasteiger partial charge >= 0.3 is 10.1 Å². The second-order valence-electron chi connectivity index (χ2n) is 7.22. The maximum absolute atomic E-state index is 12.5. The molecular weight excluding hydrogens is 428 g/mol. The van der Waals surface area contributed by atoms with Crippen molar-refractivity contribution in [1.82, 2.24) is 4.90 Å². The van der Waals surface area contributed by atoms with Crippen molar-refractivity contribution in [1.29, 1.82) is 5.41 Å². The first-order chi connectivity index (χ1) is 13.7. The third-order valence-electron chi connectivity index (χ3n) is 4.82. The smallest absolute Gasteiger partial charge is 0.339 e. The average Bonchev–Trinajstić information content (AvgIpc) is 2.66. The van der Waals surface area contributed by atoms with Crippen molar-refractivity contribution in [3.8, 4) is 11.5 Å². The van der Waals surface area contributed by atoms with Gasteiger partial charge in [-0.3, -0.25) is 5.41 Å². The number of ether oxygens (including phenoxy) is 1. The molecule has 10 heteroatoms. The molecule has 0 radical (unpaired) electrons. The number of anilines is 1. The lowest BCUT2D eigenvalue weighted by Gasteiger charge is -2.32. The highest BCUT2D eigenvalue weighted by atomic mass is 35.5. The quantitative estimate of drug-likeness (QED) is 0.264. The number of rotatable bonds is 6. The largest absolute Gasteiger partial charge is 0.493 e. The van der Waals surface area contributed by atoms with E-state index in [-0.39, 0.29) is 29.0 Å². The maximum Gasteiger partial charge on any atom is 0.339 e. The molecule has 0 atom stereocenters. The summed E-state index contributed by atoms with van der Waals surface area (Å²) in [6.07, 6.45) is 1.77. The molecule has 0 bridgehead atoms. The number of nitrogens with zero attached hydrogens (tertiary/aromatic N) is 1. The fraction of sp³-hybridized carbons (Fsp3) is 0.350. The molecule has 1 heterocycles. The van der Waals surface area contributed by atoms with E-state index in [1.807, 2.05) is 17.9 Å². The zero-order valence-corrected chi connectivity index (χ0v) is 18.3. The summed E-state index contributed by atoms with van der Waals surface area (Å²) in [7, 11) is -3.99. The Morgan fingerprint density at radius 3 is 2.47 bits per heavy atom. The van der Waals surface area contributed by atoms with Gasteiger partial charge in [-0.05, 0) is 61.6 Å². The van der Waals surface area contributed by atoms with Gasteiger partial charge in [0.1, 0.15) is 16.4 Å². The van der Waals surface area contributed by atoms with Crippen LogP contribution >= 0.6 is 12.4 Å². The second kappa shape index (κ2) is 9.90. The number of likely N-dealkylation sites (tertiary alicyclic amines) is 1. The van der Waals surface area contributed by atoms with Crippen molar-refractivity contribution in [3.63, 3.8) is 0 Å². The highest BCUT2D eigenvalue weighted by molar-refractivity contribution is 7.87. The summed E-state index contributed by atoms with van der Waals surface area (Å²) in [5, 5.41) is 7.49. The summed E-state index contributed by atoms with van der Waals surface area (Å²) in [6, 6.07) is 11.0. The number of guanidine groups is 1. The third kappa shape index (κ3) is 6.17. The van der Waals surface area contributed by atoms with Gasteiger partial charge in [-0.2, -0.15) is 8.42 Å². The maximum atomic E-state index is 12.5. The monoisotopic (exact) mass is 454 g/mol. The molecule has 164 valence electrons. The van der Waals surface area contributed by atoms with E-state index >= 15 is 0 Å². The minimum Gasteiger partial charge on any atom is -0.493 e. The highest BCUT2D eigenvalue weighted by Gasteiger charge is 2.21. The van der Waals surface area contributed by atoms with Gasteiger partial charge in [0.05, 0.1) is 6.61 Å². The highest BCUT2D eigenvalue weighted by Crippen LogP contribution is 2.27. The van der Waals surface area contributed by atoms with Gasteiger partial charge in [0.15, 0.2) is 5.96 Å². The zero-order chi connectivity index (χ0) is 21.0. The predicted octanol–water partition coefficient (Wildman–Crippen LogP) is 2.75. The van der Waals surface area contributed by atoms with Crippen LogP contribution in [0.5, 0.6) is 11.5 Å². The van der Waals surface area contributed by atoms with Crippen molar-refractivity contribution in [2.45, 2.75) is 24.7 Å². The van der Waals surface area contributed by atoms with E-state index in [2.05, 4.69) is 0 Å². The molecule has 1 fully saturated rings. The third-order valence-corrected chi connectivity index (χ3v) is 6.06. The molecule has 0 spiro atoms. The van der Waals surface area contributed by atoms with Crippen molar-refractivity contribution < 1.29 is 17.3 Å². The number of benzene rings is 2. The summed E-state index contributed by atoms with van der Waals surface area (Å²) in [5.74, 6) is 1.20. The zero-order valence-electron chi connectivity index (χ0n) is 16.7. The number of halogens is 1. The molecule has 5 N–H and O–H groups in total. The molecule has 1 saturated heterocycles. The number of nitrogens with one attached hydrogen (secondary N) is 1. The van der Waals surface area contributed by atoms with Crippen LogP contribution in [0.2, 0.25) is 0 Å². The number of nitrogens with two attached hydrogens (primary N) is 2. The summed E-state index contributed by atoms with van der Waals surface area (Å²) in [6.45, 7) is 3.84. The molecule has 8 nitrogen and oxygen atoms in total. The van der Waals surface area contributed by atoms with E-state index < -0.39 is 10.1 Å². The molecule has 2 aromatic carbocycles. The number of hydrogen-bond donors (Lipinski definition) is 3. The van der Waals surface area contributed by atoms with Gasteiger partial charge < -0.3 is 25.3 Å². The Morgan fingerprint density at radius 2 is 1.83 bits per heavy atom. The molecule has 3 rings (SSSR count). The minimum absolute atomic E-state index is 0. The summed E-state index contributed by atoms with van der Waals surface area (Å²) in [4.78, 5) is 1.84. The Kier molecular flexibility index (Phi) is 7.80. The number of aryl methyl sites for hydroxylation is 1. The first-order valence-electron chi connectivity index (χ1n) is 9.36. The SMILES string of the molecule is Cc1cc(OCC2CCN(C(=N)N)CC2)cc(OS(=O)(=O)c2cccc(N)c2)c1.Cl. The van der Waals surface area contributed by atoms with Crippen molar-refractivity contribution in [2.75, 3.05) is 25.4 Å². The van der Waals surface area contributed by atoms with Crippen LogP contribution in [0.25, 0.3) is 0 Å². The molecule has 0 unspecified atom stereocenters. The average molecular weight is 455 g/mol. The first kappa shape index (κ1) is 23.6. The lowest BCUT2D eigenvalue weighted by Crippen LogP contribution is -2.43. The van der Waals surface area contributed by atoms with Gasteiger partial charge in [-0.25, -0.2) is 0 Å². The van der Waals surface area contributed by atoms with E-state index in [1.165, 1.54) is 12.1 Å². The van der Waals surface area contributed by atoms with Crippen LogP contribution in [-0.4, -0.2) is 39.0 Å². The Labute approximate surface area is 183 Å². The second-order valence-corrected chi connectivity index (χ2v) is 8.76. The Balaban J connectivity index is 0.00000320. The van der Waals surface area contributed by atoms with Crippen molar-refractivity contribution in [2.24, 2.45) is 11.7 Å². The van der Waals surface area contributed by atoms with Crippen LogP contribution in [0.1, 0.15) is 18.4 Å². The van der Waals surface area contributed by atoms with E-state index in [9.17, 15) is 8.42 Å². The van der Waals surface area contributed by atoms with Crippen LogP contribution < -0.4 is 20.4 Å². The molecule has 0 aliphatic carbocycles. The minimum atomic E-state index is -3.99. The molecular formula is C20H27ClN4O4S. The molecule has 0 aromatic heterocycles. The van der Waals surface area contributed by atoms with Gasteiger partial charge in [-0.15, -0.1) is 12.4 Å². The van der Waals surface area contributed by atoms with E-state index in [4.69, 9.17) is 25.8 Å². The van der Waals surface area contributed by atoms with E-state index in [1.54, 1.807) is 24.3 Å². The number of piperidine rings is 1. The Morgan fingerprint density at radius 1 is 1.17 bits per heavy atom. The van der Waals surface area contributed by atoms with Crippen molar-refractivity contribution >= 4 is 34.2 Å². The molecule has 1 aliphatic rings. The van der Waals surface area contributed by atoms with Crippen LogP contribution in [-0.2, 0) is 10.1 Å². The lowest BCUT2D eigenvalue weighted by molar-refractivity contribution is 0.180. The molecule has 30 heavy (non-hydrogen) atoms. The molecule has 1 aliphatic heterocycles. The van der Waals surface area contributed by atoms with E-state index in [0.29, 0.717) is 24.0 Å². The Hall–Kier alpha value is -2.65. The summed E-state index contributed by atoms with van der Waals surface area (Å²) < 4.78 is 36.2. The van der Waals surface area contributed by atoms with Gasteiger partial charge in [-0.1, -0.05) is 6.07 Å². The fourth-order valence-corrected chi connectivity index (χ4v) is 4.22. The van der Waals surface area contributed by atoms with Crippen LogP contribution in [0.15, 0.2) is 47.4 Å². The molecule has 0 saturated carbocycles. The molecule has 2 aromatic rings. The summed E-state index contributed by atoms with van der Waals surface area (Å²) in [5.41, 5.74) is 12.4. The topological polar surface area (TPSA) is 132 Å². The fourth-order valence-electron chi connectivity index (χ4n) is 3.24. The summed E-state index contributed by atoms with van der Waals surface area (Å²) >= 11 is 0. The van der Waals surface area contributed by atoms with Gasteiger partial charge in [0, 0.05) is 24.8 Å². The first-order valence-corrected chi connectivity index (χ1v) is 10.8.